The van der Waals surface area contributed by atoms with E-state index in [0.717, 1.165) is 5.56 Å². The van der Waals surface area contributed by atoms with Crippen LogP contribution < -0.4 is 11.1 Å². The Morgan fingerprint density at radius 2 is 1.75 bits per heavy atom. The Morgan fingerprint density at radius 1 is 1.10 bits per heavy atom. The lowest BCUT2D eigenvalue weighted by atomic mass is 9.98. The van der Waals surface area contributed by atoms with Crippen molar-refractivity contribution in [1.29, 1.82) is 0 Å². The second-order valence-corrected chi connectivity index (χ2v) is 4.61. The van der Waals surface area contributed by atoms with Gasteiger partial charge in [-0.25, -0.2) is 4.39 Å². The first-order valence-electron chi connectivity index (χ1n) is 6.47. The van der Waals surface area contributed by atoms with Crippen molar-refractivity contribution >= 4 is 5.91 Å². The molecular formula is C16H17FN2O. The van der Waals surface area contributed by atoms with E-state index in [0.29, 0.717) is 12.0 Å². The predicted octanol–water partition coefficient (Wildman–Crippen LogP) is 2.18. The topological polar surface area (TPSA) is 55.1 Å². The van der Waals surface area contributed by atoms with Gasteiger partial charge >= 0.3 is 0 Å². The second-order valence-electron chi connectivity index (χ2n) is 4.61. The largest absolute Gasteiger partial charge is 0.369 e. The zero-order valence-corrected chi connectivity index (χ0v) is 11.1. The summed E-state index contributed by atoms with van der Waals surface area (Å²) in [4.78, 5) is 10.9. The summed E-state index contributed by atoms with van der Waals surface area (Å²) >= 11 is 0. The van der Waals surface area contributed by atoms with Gasteiger partial charge in [0.25, 0.3) is 0 Å². The highest BCUT2D eigenvalue weighted by Gasteiger charge is 2.16. The molecule has 0 aliphatic heterocycles. The van der Waals surface area contributed by atoms with Crippen LogP contribution >= 0.6 is 0 Å². The van der Waals surface area contributed by atoms with Gasteiger partial charge in [-0.2, -0.15) is 0 Å². The molecule has 2 aromatic rings. The van der Waals surface area contributed by atoms with E-state index in [-0.39, 0.29) is 18.4 Å². The maximum atomic E-state index is 13.9. The Bertz CT molecular complexity index is 572. The molecule has 0 spiro atoms. The highest BCUT2D eigenvalue weighted by molar-refractivity contribution is 5.75. The fourth-order valence-electron chi connectivity index (χ4n) is 2.12. The van der Waals surface area contributed by atoms with Crippen LogP contribution in [0.2, 0.25) is 0 Å². The van der Waals surface area contributed by atoms with Gasteiger partial charge in [0.15, 0.2) is 0 Å². The van der Waals surface area contributed by atoms with Gasteiger partial charge in [-0.05, 0) is 18.1 Å². The standard InChI is InChI=1S/C16H17FN2O/c17-14-9-5-4-8-13(14)15(19-11-16(18)20)10-12-6-2-1-3-7-12/h1-9,15,19H,10-11H2,(H2,18,20)/t15-/m0/s1. The number of hydrogen-bond acceptors (Lipinski definition) is 2. The van der Waals surface area contributed by atoms with E-state index >= 15 is 0 Å². The number of rotatable bonds is 6. The van der Waals surface area contributed by atoms with Crippen molar-refractivity contribution in [2.45, 2.75) is 12.5 Å². The fourth-order valence-corrected chi connectivity index (χ4v) is 2.12. The van der Waals surface area contributed by atoms with Crippen molar-refractivity contribution in [3.05, 3.63) is 71.5 Å². The summed E-state index contributed by atoms with van der Waals surface area (Å²) in [5.74, 6) is -0.746. The summed E-state index contributed by atoms with van der Waals surface area (Å²) in [6.45, 7) is 0.0197. The van der Waals surface area contributed by atoms with Gasteiger partial charge in [0.05, 0.1) is 6.54 Å². The molecule has 0 bridgehead atoms. The molecule has 1 atom stereocenters. The molecule has 4 heteroatoms. The first kappa shape index (κ1) is 14.2. The van der Waals surface area contributed by atoms with E-state index in [1.807, 2.05) is 30.3 Å². The molecule has 0 saturated heterocycles. The third kappa shape index (κ3) is 3.90. The van der Waals surface area contributed by atoms with E-state index < -0.39 is 5.91 Å². The fraction of sp³-hybridized carbons (Fsp3) is 0.188. The Morgan fingerprint density at radius 3 is 2.40 bits per heavy atom. The van der Waals surface area contributed by atoms with Crippen LogP contribution in [0.5, 0.6) is 0 Å². The lowest BCUT2D eigenvalue weighted by Gasteiger charge is -2.19. The van der Waals surface area contributed by atoms with Crippen molar-refractivity contribution in [3.63, 3.8) is 0 Å². The van der Waals surface area contributed by atoms with E-state index in [2.05, 4.69) is 5.32 Å². The van der Waals surface area contributed by atoms with Crippen molar-refractivity contribution < 1.29 is 9.18 Å². The number of hydrogen-bond donors (Lipinski definition) is 2. The minimum absolute atomic E-state index is 0.0197. The number of halogens is 1. The minimum atomic E-state index is -0.459. The molecule has 0 fully saturated rings. The lowest BCUT2D eigenvalue weighted by Crippen LogP contribution is -2.33. The van der Waals surface area contributed by atoms with Crippen LogP contribution in [0.25, 0.3) is 0 Å². The SMILES string of the molecule is NC(=O)CN[C@@H](Cc1ccccc1)c1ccccc1F. The Kier molecular flexibility index (Phi) is 4.85. The maximum absolute atomic E-state index is 13.9. The number of amides is 1. The van der Waals surface area contributed by atoms with E-state index in [4.69, 9.17) is 5.73 Å². The van der Waals surface area contributed by atoms with Crippen LogP contribution in [0.4, 0.5) is 4.39 Å². The molecule has 2 rings (SSSR count). The van der Waals surface area contributed by atoms with Crippen LogP contribution in [0.1, 0.15) is 17.2 Å². The number of benzene rings is 2. The zero-order chi connectivity index (χ0) is 14.4. The first-order chi connectivity index (χ1) is 9.66. The molecule has 2 aromatic carbocycles. The summed E-state index contributed by atoms with van der Waals surface area (Å²) in [5.41, 5.74) is 6.76. The van der Waals surface area contributed by atoms with E-state index in [1.54, 1.807) is 18.2 Å². The summed E-state index contributed by atoms with van der Waals surface area (Å²) in [6, 6.07) is 16.0. The molecule has 1 amide bonds. The third-order valence-corrected chi connectivity index (χ3v) is 3.09. The highest BCUT2D eigenvalue weighted by Crippen LogP contribution is 2.21. The van der Waals surface area contributed by atoms with Crippen molar-refractivity contribution in [2.75, 3.05) is 6.54 Å². The van der Waals surface area contributed by atoms with Crippen LogP contribution in [0.15, 0.2) is 54.6 Å². The molecule has 20 heavy (non-hydrogen) atoms. The monoisotopic (exact) mass is 272 g/mol. The number of nitrogens with two attached hydrogens (primary N) is 1. The molecule has 0 aliphatic rings. The Hall–Kier alpha value is -2.20. The highest BCUT2D eigenvalue weighted by atomic mass is 19.1. The molecule has 0 aliphatic carbocycles. The lowest BCUT2D eigenvalue weighted by molar-refractivity contribution is -0.117. The third-order valence-electron chi connectivity index (χ3n) is 3.09. The van der Waals surface area contributed by atoms with Crippen molar-refractivity contribution in [1.82, 2.24) is 5.32 Å². The minimum Gasteiger partial charge on any atom is -0.369 e. The second kappa shape index (κ2) is 6.82. The quantitative estimate of drug-likeness (QED) is 0.847. The maximum Gasteiger partial charge on any atom is 0.231 e. The average molecular weight is 272 g/mol. The van der Waals surface area contributed by atoms with Crippen LogP contribution in [0.3, 0.4) is 0 Å². The molecular weight excluding hydrogens is 255 g/mol. The molecule has 0 saturated carbocycles. The number of primary amides is 1. The summed E-state index contributed by atoms with van der Waals surface area (Å²) in [6.07, 6.45) is 0.592. The summed E-state index contributed by atoms with van der Waals surface area (Å²) < 4.78 is 13.9. The van der Waals surface area contributed by atoms with Gasteiger partial charge in [0.1, 0.15) is 5.82 Å². The molecule has 0 radical (unpaired) electrons. The number of carbonyl (C=O) groups excluding carboxylic acids is 1. The summed E-state index contributed by atoms with van der Waals surface area (Å²) in [7, 11) is 0. The van der Waals surface area contributed by atoms with E-state index in [1.165, 1.54) is 6.07 Å². The van der Waals surface area contributed by atoms with Gasteiger partial charge in [-0.15, -0.1) is 0 Å². The number of carbonyl (C=O) groups is 1. The van der Waals surface area contributed by atoms with Crippen molar-refractivity contribution in [3.8, 4) is 0 Å². The van der Waals surface area contributed by atoms with E-state index in [9.17, 15) is 9.18 Å². The molecule has 104 valence electrons. The zero-order valence-electron chi connectivity index (χ0n) is 11.1. The van der Waals surface area contributed by atoms with Crippen LogP contribution in [-0.4, -0.2) is 12.5 Å². The first-order valence-corrected chi connectivity index (χ1v) is 6.47. The predicted molar refractivity (Wildman–Crippen MR) is 76.5 cm³/mol. The summed E-state index contributed by atoms with van der Waals surface area (Å²) in [5, 5.41) is 3.01. The molecule has 0 aromatic heterocycles. The molecule has 3 N–H and O–H groups in total. The molecule has 0 heterocycles. The van der Waals surface area contributed by atoms with Crippen LogP contribution in [-0.2, 0) is 11.2 Å². The van der Waals surface area contributed by atoms with Gasteiger partial charge in [-0.1, -0.05) is 48.5 Å². The number of nitrogens with one attached hydrogen (secondary N) is 1. The van der Waals surface area contributed by atoms with Crippen molar-refractivity contribution in [2.24, 2.45) is 5.73 Å². The van der Waals surface area contributed by atoms with Crippen LogP contribution in [0, 0.1) is 5.82 Å². The normalized spacial score (nSPS) is 12.1. The molecule has 3 nitrogen and oxygen atoms in total. The van der Waals surface area contributed by atoms with Gasteiger partial charge in [0, 0.05) is 11.6 Å². The van der Waals surface area contributed by atoms with Gasteiger partial charge in [0.2, 0.25) is 5.91 Å². The average Bonchev–Trinajstić information content (AvgIpc) is 2.45. The Balaban J connectivity index is 2.20. The smallest absolute Gasteiger partial charge is 0.231 e. The van der Waals surface area contributed by atoms with Gasteiger partial charge < -0.3 is 11.1 Å². The molecule has 0 unspecified atom stereocenters. The Labute approximate surface area is 117 Å². The van der Waals surface area contributed by atoms with Gasteiger partial charge in [-0.3, -0.25) is 4.79 Å².